The van der Waals surface area contributed by atoms with Crippen molar-refractivity contribution in [3.8, 4) is 0 Å². The van der Waals surface area contributed by atoms with Gasteiger partial charge in [0, 0.05) is 24.3 Å². The lowest BCUT2D eigenvalue weighted by molar-refractivity contribution is -0.383. The van der Waals surface area contributed by atoms with Crippen LogP contribution in [0.25, 0.3) is 6.08 Å². The number of nitro benzene ring substituents is 1. The number of rotatable bonds is 4. The van der Waals surface area contributed by atoms with Crippen molar-refractivity contribution in [1.82, 2.24) is 0 Å². The molecule has 0 aliphatic heterocycles. The van der Waals surface area contributed by atoms with Crippen LogP contribution < -0.4 is 5.73 Å². The van der Waals surface area contributed by atoms with Gasteiger partial charge in [-0.3, -0.25) is 10.1 Å². The number of aliphatic hydroxyl groups excluding tert-OH is 1. The average molecular weight is 226 g/mol. The van der Waals surface area contributed by atoms with Crippen LogP contribution in [0, 0.1) is 15.9 Å². The SMILES string of the molecule is Nc1cc(F)c(C=CCCO)cc1[N+](=O)[O-]. The van der Waals surface area contributed by atoms with Gasteiger partial charge < -0.3 is 10.8 Å². The molecule has 1 rings (SSSR count). The second-order valence-corrected chi connectivity index (χ2v) is 3.10. The Labute approximate surface area is 91.2 Å². The molecule has 0 unspecified atom stereocenters. The molecule has 0 aliphatic rings. The van der Waals surface area contributed by atoms with E-state index in [0.29, 0.717) is 6.42 Å². The molecule has 1 aromatic carbocycles. The van der Waals surface area contributed by atoms with Gasteiger partial charge in [0.25, 0.3) is 5.69 Å². The van der Waals surface area contributed by atoms with Crippen LogP contribution in [0.1, 0.15) is 12.0 Å². The quantitative estimate of drug-likeness (QED) is 0.464. The summed E-state index contributed by atoms with van der Waals surface area (Å²) in [5, 5.41) is 19.1. The number of nitrogens with two attached hydrogens (primary N) is 1. The fraction of sp³-hybridized carbons (Fsp3) is 0.200. The molecule has 0 spiro atoms. The first-order chi connectivity index (χ1) is 7.56. The summed E-state index contributed by atoms with van der Waals surface area (Å²) >= 11 is 0. The minimum atomic E-state index is -0.668. The first-order valence-corrected chi connectivity index (χ1v) is 4.57. The molecule has 0 fully saturated rings. The summed E-state index contributed by atoms with van der Waals surface area (Å²) in [7, 11) is 0. The van der Waals surface area contributed by atoms with Gasteiger partial charge in [-0.1, -0.05) is 12.2 Å². The maximum atomic E-state index is 13.3. The highest BCUT2D eigenvalue weighted by Crippen LogP contribution is 2.25. The Morgan fingerprint density at radius 3 is 2.81 bits per heavy atom. The van der Waals surface area contributed by atoms with Crippen molar-refractivity contribution in [1.29, 1.82) is 0 Å². The molecule has 0 radical (unpaired) electrons. The van der Waals surface area contributed by atoms with Crippen LogP contribution in [-0.2, 0) is 0 Å². The molecule has 0 saturated heterocycles. The number of nitrogen functional groups attached to an aromatic ring is 1. The smallest absolute Gasteiger partial charge is 0.292 e. The molecular formula is C10H11FN2O3. The second kappa shape index (κ2) is 5.22. The molecule has 0 aliphatic carbocycles. The predicted octanol–water partition coefficient (Wildman–Crippen LogP) is 1.71. The van der Waals surface area contributed by atoms with Gasteiger partial charge in [-0.15, -0.1) is 0 Å². The van der Waals surface area contributed by atoms with Gasteiger partial charge in [-0.25, -0.2) is 4.39 Å². The van der Waals surface area contributed by atoms with Gasteiger partial charge in [0.2, 0.25) is 0 Å². The number of hydrogen-bond donors (Lipinski definition) is 2. The van der Waals surface area contributed by atoms with Crippen LogP contribution >= 0.6 is 0 Å². The molecule has 0 amide bonds. The molecule has 0 aromatic heterocycles. The van der Waals surface area contributed by atoms with E-state index in [4.69, 9.17) is 10.8 Å². The van der Waals surface area contributed by atoms with Crippen molar-refractivity contribution in [2.24, 2.45) is 0 Å². The molecule has 1 aromatic rings. The molecule has 5 nitrogen and oxygen atoms in total. The second-order valence-electron chi connectivity index (χ2n) is 3.10. The fourth-order valence-electron chi connectivity index (χ4n) is 1.16. The van der Waals surface area contributed by atoms with Gasteiger partial charge >= 0.3 is 0 Å². The third kappa shape index (κ3) is 2.77. The van der Waals surface area contributed by atoms with Gasteiger partial charge in [0.15, 0.2) is 0 Å². The minimum absolute atomic E-state index is 0.0603. The van der Waals surface area contributed by atoms with E-state index in [1.54, 1.807) is 0 Å². The van der Waals surface area contributed by atoms with E-state index in [-0.39, 0.29) is 23.5 Å². The number of nitrogens with zero attached hydrogens (tertiary/aromatic N) is 1. The van der Waals surface area contributed by atoms with Crippen LogP contribution in [-0.4, -0.2) is 16.6 Å². The topological polar surface area (TPSA) is 89.4 Å². The molecule has 0 bridgehead atoms. The Balaban J connectivity index is 3.09. The third-order valence-electron chi connectivity index (χ3n) is 1.94. The summed E-state index contributed by atoms with van der Waals surface area (Å²) in [6, 6.07) is 1.98. The monoisotopic (exact) mass is 226 g/mol. The zero-order valence-corrected chi connectivity index (χ0v) is 8.39. The van der Waals surface area contributed by atoms with Crippen LogP contribution in [0.2, 0.25) is 0 Å². The largest absolute Gasteiger partial charge is 0.396 e. The van der Waals surface area contributed by atoms with Gasteiger partial charge in [0.05, 0.1) is 4.92 Å². The summed E-state index contributed by atoms with van der Waals surface area (Å²) in [4.78, 5) is 9.89. The van der Waals surface area contributed by atoms with Crippen LogP contribution in [0.3, 0.4) is 0 Å². The summed E-state index contributed by atoms with van der Waals surface area (Å²) in [5.41, 5.74) is 4.84. The van der Waals surface area contributed by atoms with E-state index in [0.717, 1.165) is 12.1 Å². The highest BCUT2D eigenvalue weighted by Gasteiger charge is 2.14. The molecular weight excluding hydrogens is 215 g/mol. The standard InChI is InChI=1S/C10H11FN2O3/c11-8-6-9(12)10(13(15)16)5-7(8)3-1-2-4-14/h1,3,5-6,14H,2,4,12H2. The Morgan fingerprint density at radius 1 is 1.56 bits per heavy atom. The predicted molar refractivity (Wildman–Crippen MR) is 58.2 cm³/mol. The van der Waals surface area contributed by atoms with E-state index in [2.05, 4.69) is 0 Å². The number of hydrogen-bond acceptors (Lipinski definition) is 4. The molecule has 16 heavy (non-hydrogen) atoms. The number of aliphatic hydroxyl groups is 1. The molecule has 3 N–H and O–H groups in total. The molecule has 0 heterocycles. The van der Waals surface area contributed by atoms with E-state index in [1.807, 2.05) is 0 Å². The average Bonchev–Trinajstić information content (AvgIpc) is 2.21. The molecule has 0 saturated carbocycles. The Bertz CT molecular complexity index is 432. The van der Waals surface area contributed by atoms with Crippen molar-refractivity contribution >= 4 is 17.5 Å². The first kappa shape index (κ1) is 12.1. The van der Waals surface area contributed by atoms with Crippen molar-refractivity contribution in [3.63, 3.8) is 0 Å². The lowest BCUT2D eigenvalue weighted by Gasteiger charge is -2.00. The Morgan fingerprint density at radius 2 is 2.25 bits per heavy atom. The van der Waals surface area contributed by atoms with Crippen molar-refractivity contribution in [2.45, 2.75) is 6.42 Å². The molecule has 6 heteroatoms. The van der Waals surface area contributed by atoms with Crippen molar-refractivity contribution in [3.05, 3.63) is 39.7 Å². The van der Waals surface area contributed by atoms with E-state index < -0.39 is 10.7 Å². The molecule has 0 atom stereocenters. The normalized spacial score (nSPS) is 10.9. The zero-order chi connectivity index (χ0) is 12.1. The number of anilines is 1. The Hall–Kier alpha value is -1.95. The summed E-state index contributed by atoms with van der Waals surface area (Å²) in [6.45, 7) is -0.0603. The first-order valence-electron chi connectivity index (χ1n) is 4.57. The highest BCUT2D eigenvalue weighted by atomic mass is 19.1. The maximum absolute atomic E-state index is 13.3. The number of halogens is 1. The lowest BCUT2D eigenvalue weighted by atomic mass is 10.1. The molecule has 86 valence electrons. The third-order valence-corrected chi connectivity index (χ3v) is 1.94. The van der Waals surface area contributed by atoms with E-state index in [9.17, 15) is 14.5 Å². The van der Waals surface area contributed by atoms with E-state index in [1.165, 1.54) is 12.2 Å². The summed E-state index contributed by atoms with van der Waals surface area (Å²) < 4.78 is 13.3. The van der Waals surface area contributed by atoms with E-state index >= 15 is 0 Å². The van der Waals surface area contributed by atoms with Crippen molar-refractivity contribution in [2.75, 3.05) is 12.3 Å². The zero-order valence-electron chi connectivity index (χ0n) is 8.39. The van der Waals surface area contributed by atoms with Crippen molar-refractivity contribution < 1.29 is 14.4 Å². The fourth-order valence-corrected chi connectivity index (χ4v) is 1.16. The van der Waals surface area contributed by atoms with Gasteiger partial charge in [0.1, 0.15) is 11.5 Å². The van der Waals surface area contributed by atoms with Gasteiger partial charge in [-0.05, 0) is 6.42 Å². The maximum Gasteiger partial charge on any atom is 0.292 e. The minimum Gasteiger partial charge on any atom is -0.396 e. The number of benzene rings is 1. The highest BCUT2D eigenvalue weighted by molar-refractivity contribution is 5.65. The Kier molecular flexibility index (Phi) is 3.96. The van der Waals surface area contributed by atoms with Crippen LogP contribution in [0.5, 0.6) is 0 Å². The lowest BCUT2D eigenvalue weighted by Crippen LogP contribution is -1.98. The van der Waals surface area contributed by atoms with Gasteiger partial charge in [-0.2, -0.15) is 0 Å². The van der Waals surface area contributed by atoms with Crippen LogP contribution in [0.4, 0.5) is 15.8 Å². The summed E-state index contributed by atoms with van der Waals surface area (Å²) in [5.74, 6) is -0.628. The van der Waals surface area contributed by atoms with Crippen LogP contribution in [0.15, 0.2) is 18.2 Å². The summed E-state index contributed by atoms with van der Waals surface area (Å²) in [6.07, 6.45) is 3.26. The number of nitro groups is 1.